The maximum atomic E-state index is 12.5. The molecule has 2 heterocycles. The van der Waals surface area contributed by atoms with Crippen LogP contribution in [-0.2, 0) is 28.8 Å². The first-order chi connectivity index (χ1) is 12.5. The first kappa shape index (κ1) is 18.7. The predicted octanol–water partition coefficient (Wildman–Crippen LogP) is 4.52. The Kier molecular flexibility index (Phi) is 5.81. The van der Waals surface area contributed by atoms with E-state index in [1.165, 1.54) is 16.2 Å². The molecule has 1 amide bonds. The molecule has 1 N–H and O–H groups in total. The van der Waals surface area contributed by atoms with E-state index in [-0.39, 0.29) is 11.9 Å². The van der Waals surface area contributed by atoms with E-state index in [1.807, 2.05) is 19.1 Å². The Morgan fingerprint density at radius 2 is 2.19 bits per heavy atom. The van der Waals surface area contributed by atoms with Crippen molar-refractivity contribution in [3.63, 3.8) is 0 Å². The van der Waals surface area contributed by atoms with Crippen LogP contribution in [0.1, 0.15) is 59.0 Å². The maximum Gasteiger partial charge on any atom is 0.341 e. The number of esters is 1. The summed E-state index contributed by atoms with van der Waals surface area (Å²) in [6.07, 6.45) is 3.72. The molecule has 0 aliphatic heterocycles. The number of anilines is 1. The van der Waals surface area contributed by atoms with Gasteiger partial charge in [0.15, 0.2) is 0 Å². The van der Waals surface area contributed by atoms with Gasteiger partial charge in [-0.25, -0.2) is 4.79 Å². The molecule has 1 atom stereocenters. The van der Waals surface area contributed by atoms with Crippen LogP contribution in [0.2, 0.25) is 0 Å². The lowest BCUT2D eigenvalue weighted by Crippen LogP contribution is -2.16. The number of hydrogen-bond acceptors (Lipinski definition) is 5. The highest BCUT2D eigenvalue weighted by Crippen LogP contribution is 2.40. The van der Waals surface area contributed by atoms with Crippen LogP contribution in [0.5, 0.6) is 0 Å². The largest absolute Gasteiger partial charge is 0.466 e. The Labute approximate surface area is 157 Å². The average Bonchev–Trinajstić information content (AvgIpc) is 3.15. The fourth-order valence-electron chi connectivity index (χ4n) is 3.30. The number of rotatable bonds is 6. The number of thiophene rings is 1. The second-order valence-electron chi connectivity index (χ2n) is 6.84. The number of fused-ring (bicyclic) bond motifs is 1. The third-order valence-electron chi connectivity index (χ3n) is 4.64. The summed E-state index contributed by atoms with van der Waals surface area (Å²) in [4.78, 5) is 26.1. The minimum absolute atomic E-state index is 0.115. The van der Waals surface area contributed by atoms with Gasteiger partial charge >= 0.3 is 5.97 Å². The van der Waals surface area contributed by atoms with Gasteiger partial charge in [0.1, 0.15) is 16.5 Å². The van der Waals surface area contributed by atoms with Gasteiger partial charge in [-0.1, -0.05) is 6.92 Å². The van der Waals surface area contributed by atoms with E-state index in [2.05, 4.69) is 12.2 Å². The van der Waals surface area contributed by atoms with Crippen molar-refractivity contribution in [2.24, 2.45) is 5.92 Å². The molecular weight excluding hydrogens is 350 g/mol. The summed E-state index contributed by atoms with van der Waals surface area (Å²) in [5.41, 5.74) is 1.62. The third kappa shape index (κ3) is 4.18. The molecule has 3 rings (SSSR count). The van der Waals surface area contributed by atoms with Crippen molar-refractivity contribution < 1.29 is 18.7 Å². The summed E-state index contributed by atoms with van der Waals surface area (Å²) in [7, 11) is 0. The van der Waals surface area contributed by atoms with Crippen molar-refractivity contribution in [2.45, 2.75) is 52.9 Å². The van der Waals surface area contributed by atoms with Crippen LogP contribution in [-0.4, -0.2) is 18.5 Å². The number of hydrogen-bond donors (Lipinski definition) is 1. The molecule has 0 radical (unpaired) electrons. The van der Waals surface area contributed by atoms with E-state index >= 15 is 0 Å². The Hall–Kier alpha value is -2.08. The lowest BCUT2D eigenvalue weighted by molar-refractivity contribution is -0.116. The minimum Gasteiger partial charge on any atom is -0.466 e. The summed E-state index contributed by atoms with van der Waals surface area (Å²) in [5.74, 6) is 1.78. The van der Waals surface area contributed by atoms with Crippen molar-refractivity contribution in [2.75, 3.05) is 11.9 Å². The number of ether oxygens (including phenoxy) is 1. The Morgan fingerprint density at radius 1 is 1.38 bits per heavy atom. The van der Waals surface area contributed by atoms with Crippen molar-refractivity contribution in [1.29, 1.82) is 0 Å². The molecule has 0 bridgehead atoms. The first-order valence-corrected chi connectivity index (χ1v) is 9.96. The van der Waals surface area contributed by atoms with Crippen LogP contribution in [0.25, 0.3) is 0 Å². The minimum atomic E-state index is -0.337. The van der Waals surface area contributed by atoms with Crippen LogP contribution in [0.15, 0.2) is 16.5 Å². The fourth-order valence-corrected chi connectivity index (χ4v) is 4.72. The van der Waals surface area contributed by atoms with Gasteiger partial charge in [0, 0.05) is 17.7 Å². The van der Waals surface area contributed by atoms with Gasteiger partial charge in [-0.3, -0.25) is 4.79 Å². The number of carbonyl (C=O) groups excluding carboxylic acids is 2. The summed E-state index contributed by atoms with van der Waals surface area (Å²) < 4.78 is 10.7. The number of nitrogens with one attached hydrogen (secondary N) is 1. The normalized spacial score (nSPS) is 16.2. The van der Waals surface area contributed by atoms with Crippen LogP contribution in [0.3, 0.4) is 0 Å². The highest BCUT2D eigenvalue weighted by molar-refractivity contribution is 7.17. The molecule has 140 valence electrons. The topological polar surface area (TPSA) is 68.5 Å². The number of furan rings is 1. The van der Waals surface area contributed by atoms with E-state index < -0.39 is 0 Å². The van der Waals surface area contributed by atoms with Gasteiger partial charge in [-0.05, 0) is 56.7 Å². The standard InChI is InChI=1S/C20H25NO4S/c1-4-24-20(23)18-15-9-5-12(2)11-16(15)26-19(18)21-17(22)10-8-14-7-6-13(3)25-14/h6-7,12H,4-5,8-11H2,1-3H3,(H,21,22)/t12-/m0/s1. The monoisotopic (exact) mass is 375 g/mol. The van der Waals surface area contributed by atoms with Gasteiger partial charge in [-0.15, -0.1) is 11.3 Å². The average molecular weight is 375 g/mol. The Morgan fingerprint density at radius 3 is 2.88 bits per heavy atom. The first-order valence-electron chi connectivity index (χ1n) is 9.14. The summed E-state index contributed by atoms with van der Waals surface area (Å²) >= 11 is 1.52. The van der Waals surface area contributed by atoms with Gasteiger partial charge in [0.2, 0.25) is 5.91 Å². The smallest absolute Gasteiger partial charge is 0.341 e. The van der Waals surface area contributed by atoms with E-state index in [0.717, 1.165) is 36.3 Å². The lowest BCUT2D eigenvalue weighted by atomic mass is 9.88. The molecule has 6 heteroatoms. The van der Waals surface area contributed by atoms with E-state index in [4.69, 9.17) is 9.15 Å². The zero-order valence-corrected chi connectivity index (χ0v) is 16.3. The predicted molar refractivity (Wildman–Crippen MR) is 102 cm³/mol. The van der Waals surface area contributed by atoms with Crippen LogP contribution in [0, 0.1) is 12.8 Å². The number of aryl methyl sites for hydroxylation is 2. The molecular formula is C20H25NO4S. The summed E-state index contributed by atoms with van der Waals surface area (Å²) in [6, 6.07) is 3.78. The molecule has 0 aromatic carbocycles. The third-order valence-corrected chi connectivity index (χ3v) is 5.81. The Bertz CT molecular complexity index is 805. The van der Waals surface area contributed by atoms with Gasteiger partial charge in [-0.2, -0.15) is 0 Å². The van der Waals surface area contributed by atoms with Crippen molar-refractivity contribution >= 4 is 28.2 Å². The molecule has 0 fully saturated rings. The molecule has 5 nitrogen and oxygen atoms in total. The lowest BCUT2D eigenvalue weighted by Gasteiger charge is -2.18. The second kappa shape index (κ2) is 8.08. The highest BCUT2D eigenvalue weighted by atomic mass is 32.1. The second-order valence-corrected chi connectivity index (χ2v) is 7.94. The van der Waals surface area contributed by atoms with Gasteiger partial charge < -0.3 is 14.5 Å². The number of carbonyl (C=O) groups is 2. The summed E-state index contributed by atoms with van der Waals surface area (Å²) in [6.45, 7) is 6.22. The molecule has 1 aliphatic rings. The van der Waals surface area contributed by atoms with Crippen molar-refractivity contribution in [1.82, 2.24) is 0 Å². The van der Waals surface area contributed by atoms with Gasteiger partial charge in [0.05, 0.1) is 12.2 Å². The molecule has 2 aromatic rings. The Balaban J connectivity index is 1.75. The van der Waals surface area contributed by atoms with Gasteiger partial charge in [0.25, 0.3) is 0 Å². The van der Waals surface area contributed by atoms with Crippen LogP contribution in [0.4, 0.5) is 5.00 Å². The van der Waals surface area contributed by atoms with Crippen molar-refractivity contribution in [3.8, 4) is 0 Å². The molecule has 1 aliphatic carbocycles. The number of amides is 1. The SMILES string of the molecule is CCOC(=O)c1c(NC(=O)CCc2ccc(C)o2)sc2c1CC[C@H](C)C2. The van der Waals surface area contributed by atoms with Crippen molar-refractivity contribution in [3.05, 3.63) is 39.7 Å². The van der Waals surface area contributed by atoms with E-state index in [9.17, 15) is 9.59 Å². The quantitative estimate of drug-likeness (QED) is 0.754. The van der Waals surface area contributed by atoms with E-state index in [0.29, 0.717) is 35.9 Å². The molecule has 0 unspecified atom stereocenters. The highest BCUT2D eigenvalue weighted by Gasteiger charge is 2.29. The van der Waals surface area contributed by atoms with E-state index in [1.54, 1.807) is 6.92 Å². The molecule has 0 spiro atoms. The van der Waals surface area contributed by atoms with Crippen LogP contribution >= 0.6 is 11.3 Å². The summed E-state index contributed by atoms with van der Waals surface area (Å²) in [5, 5.41) is 3.56. The fraction of sp³-hybridized carbons (Fsp3) is 0.500. The van der Waals surface area contributed by atoms with Crippen LogP contribution < -0.4 is 5.32 Å². The maximum absolute atomic E-state index is 12.5. The zero-order chi connectivity index (χ0) is 18.7. The molecule has 0 saturated heterocycles. The molecule has 0 saturated carbocycles. The molecule has 26 heavy (non-hydrogen) atoms. The zero-order valence-electron chi connectivity index (χ0n) is 15.5. The molecule has 2 aromatic heterocycles.